The molecule has 0 aromatic heterocycles. The number of hydrogen-bond acceptors (Lipinski definition) is 0. The summed E-state index contributed by atoms with van der Waals surface area (Å²) in [6.07, 6.45) is -2.25. The molecule has 2 rings (SSSR count). The van der Waals surface area contributed by atoms with Crippen LogP contribution in [0.3, 0.4) is 0 Å². The van der Waals surface area contributed by atoms with E-state index in [0.29, 0.717) is 32.1 Å². The molecule has 17 heavy (non-hydrogen) atoms. The van der Waals surface area contributed by atoms with Crippen LogP contribution in [0.2, 0.25) is 0 Å². The molecule has 2 saturated carbocycles. The van der Waals surface area contributed by atoms with Crippen molar-refractivity contribution < 1.29 is 17.6 Å². The second-order valence-electron chi connectivity index (χ2n) is 5.77. The van der Waals surface area contributed by atoms with E-state index in [0.717, 1.165) is 0 Å². The quantitative estimate of drug-likeness (QED) is 0.642. The summed E-state index contributed by atoms with van der Waals surface area (Å²) in [6, 6.07) is 0. The van der Waals surface area contributed by atoms with E-state index in [4.69, 9.17) is 0 Å². The second-order valence-corrected chi connectivity index (χ2v) is 5.77. The molecule has 0 spiro atoms. The van der Waals surface area contributed by atoms with Gasteiger partial charge in [0.1, 0.15) is 24.7 Å². The SMILES string of the molecule is FC1CC(F)CC(CC2CC(F)CC(F)C2)C1. The van der Waals surface area contributed by atoms with Crippen LogP contribution in [0.25, 0.3) is 0 Å². The molecule has 0 saturated heterocycles. The largest absolute Gasteiger partial charge is 0.247 e. The van der Waals surface area contributed by atoms with Gasteiger partial charge < -0.3 is 0 Å². The first-order chi connectivity index (χ1) is 8.02. The predicted octanol–water partition coefficient (Wildman–Crippen LogP) is 4.33. The summed E-state index contributed by atoms with van der Waals surface area (Å²) in [5.74, 6) is -0.0625. The Labute approximate surface area is 99.8 Å². The lowest BCUT2D eigenvalue weighted by molar-refractivity contribution is 0.0706. The Hall–Kier alpha value is -0.280. The highest BCUT2D eigenvalue weighted by atomic mass is 19.2. The van der Waals surface area contributed by atoms with E-state index < -0.39 is 24.7 Å². The van der Waals surface area contributed by atoms with Gasteiger partial charge in [-0.2, -0.15) is 0 Å². The molecule has 100 valence electrons. The Kier molecular flexibility index (Phi) is 4.31. The van der Waals surface area contributed by atoms with Crippen molar-refractivity contribution in [2.45, 2.75) is 69.6 Å². The highest BCUT2D eigenvalue weighted by Gasteiger charge is 2.34. The maximum absolute atomic E-state index is 13.2. The average Bonchev–Trinajstić information content (AvgIpc) is 2.13. The third kappa shape index (κ3) is 3.85. The van der Waals surface area contributed by atoms with Gasteiger partial charge in [-0.1, -0.05) is 0 Å². The van der Waals surface area contributed by atoms with Crippen LogP contribution >= 0.6 is 0 Å². The van der Waals surface area contributed by atoms with Crippen molar-refractivity contribution >= 4 is 0 Å². The molecule has 4 atom stereocenters. The minimum Gasteiger partial charge on any atom is -0.247 e. The molecule has 0 aromatic rings. The maximum atomic E-state index is 13.2. The Balaban J connectivity index is 1.83. The normalized spacial score (nSPS) is 48.0. The summed E-state index contributed by atoms with van der Waals surface area (Å²) in [6.45, 7) is 0. The van der Waals surface area contributed by atoms with Crippen molar-refractivity contribution in [2.75, 3.05) is 0 Å². The van der Waals surface area contributed by atoms with Crippen molar-refractivity contribution in [3.8, 4) is 0 Å². The Morgan fingerprint density at radius 2 is 0.824 bits per heavy atom. The summed E-state index contributed by atoms with van der Waals surface area (Å²) in [7, 11) is 0. The van der Waals surface area contributed by atoms with E-state index >= 15 is 0 Å². The molecular formula is C13H20F4. The standard InChI is InChI=1S/C13H20F4/c14-10-2-8(3-11(15)6-10)1-9-4-12(16)7-13(17)5-9/h8-13H,1-7H2. The molecule has 2 aliphatic rings. The van der Waals surface area contributed by atoms with E-state index in [1.165, 1.54) is 0 Å². The van der Waals surface area contributed by atoms with Crippen LogP contribution in [0.15, 0.2) is 0 Å². The molecule has 0 heterocycles. The zero-order valence-corrected chi connectivity index (χ0v) is 9.93. The van der Waals surface area contributed by atoms with Gasteiger partial charge in [-0.25, -0.2) is 17.6 Å². The van der Waals surface area contributed by atoms with Crippen LogP contribution in [-0.4, -0.2) is 24.7 Å². The molecule has 0 bridgehead atoms. The summed E-state index contributed by atoms with van der Waals surface area (Å²) in [4.78, 5) is 0. The molecule has 4 unspecified atom stereocenters. The van der Waals surface area contributed by atoms with Gasteiger partial charge in [0.05, 0.1) is 0 Å². The van der Waals surface area contributed by atoms with E-state index in [1.54, 1.807) is 0 Å². The fraction of sp³-hybridized carbons (Fsp3) is 1.00. The van der Waals surface area contributed by atoms with Crippen LogP contribution in [-0.2, 0) is 0 Å². The van der Waals surface area contributed by atoms with E-state index in [2.05, 4.69) is 0 Å². The molecule has 0 nitrogen and oxygen atoms in total. The minimum atomic E-state index is -1.07. The number of alkyl halides is 4. The molecule has 0 N–H and O–H groups in total. The van der Waals surface area contributed by atoms with Crippen LogP contribution in [0.1, 0.15) is 44.9 Å². The van der Waals surface area contributed by atoms with Crippen molar-refractivity contribution in [3.05, 3.63) is 0 Å². The third-order valence-electron chi connectivity index (χ3n) is 4.05. The summed E-state index contributed by atoms with van der Waals surface area (Å²) >= 11 is 0. The highest BCUT2D eigenvalue weighted by Crippen LogP contribution is 2.38. The number of rotatable bonds is 2. The molecule has 0 radical (unpaired) electrons. The first-order valence-electron chi connectivity index (χ1n) is 6.59. The highest BCUT2D eigenvalue weighted by molar-refractivity contribution is 4.84. The summed E-state index contributed by atoms with van der Waals surface area (Å²) in [5.41, 5.74) is 0. The minimum absolute atomic E-state index is 0.00135. The van der Waals surface area contributed by atoms with Crippen LogP contribution in [0.4, 0.5) is 17.6 Å². The topological polar surface area (TPSA) is 0 Å². The fourth-order valence-electron chi connectivity index (χ4n) is 3.44. The van der Waals surface area contributed by atoms with E-state index in [-0.39, 0.29) is 24.7 Å². The smallest absolute Gasteiger partial charge is 0.103 e. The zero-order chi connectivity index (χ0) is 12.4. The lowest BCUT2D eigenvalue weighted by Crippen LogP contribution is -2.30. The van der Waals surface area contributed by atoms with E-state index in [9.17, 15) is 17.6 Å². The maximum Gasteiger partial charge on any atom is 0.103 e. The fourth-order valence-corrected chi connectivity index (χ4v) is 3.44. The van der Waals surface area contributed by atoms with Gasteiger partial charge in [-0.3, -0.25) is 0 Å². The molecule has 0 amide bonds. The second kappa shape index (κ2) is 5.57. The Morgan fingerprint density at radius 1 is 0.529 bits per heavy atom. The lowest BCUT2D eigenvalue weighted by Gasteiger charge is -2.33. The van der Waals surface area contributed by atoms with E-state index in [1.807, 2.05) is 0 Å². The van der Waals surface area contributed by atoms with Gasteiger partial charge in [0.2, 0.25) is 0 Å². The van der Waals surface area contributed by atoms with Crippen LogP contribution in [0, 0.1) is 11.8 Å². The first kappa shape index (κ1) is 13.2. The van der Waals surface area contributed by atoms with Crippen molar-refractivity contribution in [1.29, 1.82) is 0 Å². The first-order valence-corrected chi connectivity index (χ1v) is 6.59. The molecular weight excluding hydrogens is 232 g/mol. The van der Waals surface area contributed by atoms with Crippen molar-refractivity contribution in [2.24, 2.45) is 11.8 Å². The summed E-state index contributed by atoms with van der Waals surface area (Å²) < 4.78 is 52.8. The lowest BCUT2D eigenvalue weighted by atomic mass is 9.76. The monoisotopic (exact) mass is 252 g/mol. The van der Waals surface area contributed by atoms with Crippen LogP contribution < -0.4 is 0 Å². The Bertz CT molecular complexity index is 202. The summed E-state index contributed by atoms with van der Waals surface area (Å²) in [5, 5.41) is 0. The van der Waals surface area contributed by atoms with Gasteiger partial charge in [0.25, 0.3) is 0 Å². The van der Waals surface area contributed by atoms with Crippen LogP contribution in [0.5, 0.6) is 0 Å². The van der Waals surface area contributed by atoms with Gasteiger partial charge in [-0.05, 0) is 43.9 Å². The molecule has 2 fully saturated rings. The molecule has 0 aliphatic heterocycles. The Morgan fingerprint density at radius 3 is 1.12 bits per heavy atom. The number of hydrogen-bond donors (Lipinski definition) is 0. The zero-order valence-electron chi connectivity index (χ0n) is 9.93. The van der Waals surface area contributed by atoms with Gasteiger partial charge >= 0.3 is 0 Å². The third-order valence-corrected chi connectivity index (χ3v) is 4.05. The van der Waals surface area contributed by atoms with Crippen molar-refractivity contribution in [1.82, 2.24) is 0 Å². The molecule has 2 aliphatic carbocycles. The van der Waals surface area contributed by atoms with Gasteiger partial charge in [0.15, 0.2) is 0 Å². The predicted molar refractivity (Wildman–Crippen MR) is 58.9 cm³/mol. The molecule has 4 heteroatoms. The van der Waals surface area contributed by atoms with Gasteiger partial charge in [0, 0.05) is 12.8 Å². The van der Waals surface area contributed by atoms with Gasteiger partial charge in [-0.15, -0.1) is 0 Å². The number of halogens is 4. The average molecular weight is 252 g/mol. The van der Waals surface area contributed by atoms with Crippen molar-refractivity contribution in [3.63, 3.8) is 0 Å². The molecule has 0 aromatic carbocycles.